The van der Waals surface area contributed by atoms with Crippen molar-refractivity contribution >= 4 is 11.1 Å². The number of rotatable bonds is 1. The second-order valence-corrected chi connectivity index (χ2v) is 5.41. The largest absolute Gasteiger partial charge is 0.441 e. The zero-order chi connectivity index (χ0) is 13.7. The minimum atomic E-state index is -0.363. The second kappa shape index (κ2) is 4.18. The summed E-state index contributed by atoms with van der Waals surface area (Å²) in [4.78, 5) is 4.38. The molecule has 0 spiro atoms. The van der Waals surface area contributed by atoms with Crippen LogP contribution >= 0.6 is 0 Å². The van der Waals surface area contributed by atoms with Crippen molar-refractivity contribution in [3.63, 3.8) is 0 Å². The Bertz CT molecular complexity index is 791. The van der Waals surface area contributed by atoms with Crippen LogP contribution in [-0.4, -0.2) is 16.2 Å². The van der Waals surface area contributed by atoms with Crippen molar-refractivity contribution in [2.45, 2.75) is 25.4 Å². The molecule has 1 heterocycles. The molecule has 1 aliphatic rings. The SMILES string of the molecule is Cc1nc2cc([C@@H]3c4ccccc4C[C@H]3O)ccc2o1. The highest BCUT2D eigenvalue weighted by Crippen LogP contribution is 2.39. The molecule has 0 radical (unpaired) electrons. The summed E-state index contributed by atoms with van der Waals surface area (Å²) >= 11 is 0. The van der Waals surface area contributed by atoms with E-state index in [1.54, 1.807) is 0 Å². The van der Waals surface area contributed by atoms with Gasteiger partial charge < -0.3 is 9.52 Å². The highest BCUT2D eigenvalue weighted by Gasteiger charge is 2.32. The summed E-state index contributed by atoms with van der Waals surface area (Å²) in [5, 5.41) is 10.4. The van der Waals surface area contributed by atoms with Crippen molar-refractivity contribution in [3.05, 3.63) is 65.0 Å². The smallest absolute Gasteiger partial charge is 0.192 e. The molecule has 1 aromatic heterocycles. The Labute approximate surface area is 116 Å². The first-order valence-electron chi connectivity index (χ1n) is 6.85. The van der Waals surface area contributed by atoms with Crippen LogP contribution in [0.3, 0.4) is 0 Å². The zero-order valence-electron chi connectivity index (χ0n) is 11.2. The number of fused-ring (bicyclic) bond motifs is 2. The summed E-state index contributed by atoms with van der Waals surface area (Å²) in [5.41, 5.74) is 5.22. The van der Waals surface area contributed by atoms with Gasteiger partial charge in [-0.3, -0.25) is 0 Å². The summed E-state index contributed by atoms with van der Waals surface area (Å²) in [5.74, 6) is 0.706. The van der Waals surface area contributed by atoms with E-state index in [0.29, 0.717) is 5.89 Å². The van der Waals surface area contributed by atoms with Crippen LogP contribution in [-0.2, 0) is 6.42 Å². The Kier molecular flexibility index (Phi) is 2.44. The molecular formula is C17H15NO2. The number of oxazole rings is 1. The van der Waals surface area contributed by atoms with Gasteiger partial charge in [0.15, 0.2) is 11.5 Å². The second-order valence-electron chi connectivity index (χ2n) is 5.41. The monoisotopic (exact) mass is 265 g/mol. The van der Waals surface area contributed by atoms with E-state index in [4.69, 9.17) is 4.42 Å². The van der Waals surface area contributed by atoms with E-state index in [2.05, 4.69) is 17.1 Å². The molecule has 0 saturated heterocycles. The Morgan fingerprint density at radius 2 is 2.05 bits per heavy atom. The minimum Gasteiger partial charge on any atom is -0.441 e. The van der Waals surface area contributed by atoms with Gasteiger partial charge in [0.2, 0.25) is 0 Å². The molecule has 20 heavy (non-hydrogen) atoms. The first-order valence-corrected chi connectivity index (χ1v) is 6.85. The number of benzene rings is 2. The summed E-state index contributed by atoms with van der Waals surface area (Å²) < 4.78 is 5.51. The summed E-state index contributed by atoms with van der Waals surface area (Å²) in [6.45, 7) is 1.85. The van der Waals surface area contributed by atoms with Crippen LogP contribution in [0, 0.1) is 6.92 Å². The predicted molar refractivity (Wildman–Crippen MR) is 76.7 cm³/mol. The molecule has 2 aromatic carbocycles. The minimum absolute atomic E-state index is 0.0348. The first-order chi connectivity index (χ1) is 9.72. The van der Waals surface area contributed by atoms with Crippen LogP contribution < -0.4 is 0 Å². The number of aliphatic hydroxyl groups excluding tert-OH is 1. The van der Waals surface area contributed by atoms with Gasteiger partial charge in [0.25, 0.3) is 0 Å². The highest BCUT2D eigenvalue weighted by atomic mass is 16.3. The standard InChI is InChI=1S/C17H15NO2/c1-10-18-14-8-12(6-7-16(14)20-10)17-13-5-3-2-4-11(13)9-15(17)19/h2-8,15,17,19H,9H2,1H3/t15-,17-/m1/s1. The van der Waals surface area contributed by atoms with E-state index in [0.717, 1.165) is 23.1 Å². The molecule has 1 N–H and O–H groups in total. The lowest BCUT2D eigenvalue weighted by atomic mass is 9.91. The number of hydrogen-bond donors (Lipinski definition) is 1. The van der Waals surface area contributed by atoms with Crippen molar-refractivity contribution in [3.8, 4) is 0 Å². The number of nitrogens with zero attached hydrogens (tertiary/aromatic N) is 1. The molecule has 2 atom stereocenters. The fraction of sp³-hybridized carbons (Fsp3) is 0.235. The molecule has 0 amide bonds. The average molecular weight is 265 g/mol. The van der Waals surface area contributed by atoms with E-state index in [-0.39, 0.29) is 12.0 Å². The van der Waals surface area contributed by atoms with E-state index >= 15 is 0 Å². The van der Waals surface area contributed by atoms with Crippen LogP contribution in [0.25, 0.3) is 11.1 Å². The molecule has 1 aliphatic carbocycles. The van der Waals surface area contributed by atoms with Gasteiger partial charge in [-0.05, 0) is 35.2 Å². The van der Waals surface area contributed by atoms with E-state index in [1.807, 2.05) is 37.3 Å². The topological polar surface area (TPSA) is 46.3 Å². The van der Waals surface area contributed by atoms with Crippen LogP contribution in [0.5, 0.6) is 0 Å². The van der Waals surface area contributed by atoms with E-state index in [1.165, 1.54) is 11.1 Å². The molecular weight excluding hydrogens is 250 g/mol. The number of hydrogen-bond acceptors (Lipinski definition) is 3. The van der Waals surface area contributed by atoms with E-state index in [9.17, 15) is 5.11 Å². The Balaban J connectivity index is 1.86. The lowest BCUT2D eigenvalue weighted by Crippen LogP contribution is -2.14. The van der Waals surface area contributed by atoms with Crippen molar-refractivity contribution in [1.29, 1.82) is 0 Å². The fourth-order valence-electron chi connectivity index (χ4n) is 3.23. The van der Waals surface area contributed by atoms with Gasteiger partial charge in [-0.2, -0.15) is 0 Å². The molecule has 0 saturated carbocycles. The van der Waals surface area contributed by atoms with Gasteiger partial charge in [0.05, 0.1) is 6.10 Å². The maximum absolute atomic E-state index is 10.4. The van der Waals surface area contributed by atoms with Crippen molar-refractivity contribution in [2.75, 3.05) is 0 Å². The third-order valence-electron chi connectivity index (χ3n) is 4.08. The maximum Gasteiger partial charge on any atom is 0.192 e. The van der Waals surface area contributed by atoms with Crippen LogP contribution in [0.1, 0.15) is 28.5 Å². The summed E-state index contributed by atoms with van der Waals surface area (Å²) in [6.07, 6.45) is 0.356. The summed E-state index contributed by atoms with van der Waals surface area (Å²) in [7, 11) is 0. The number of aromatic nitrogens is 1. The molecule has 4 rings (SSSR count). The van der Waals surface area contributed by atoms with Gasteiger partial charge in [0, 0.05) is 12.8 Å². The van der Waals surface area contributed by atoms with Gasteiger partial charge >= 0.3 is 0 Å². The lowest BCUT2D eigenvalue weighted by molar-refractivity contribution is 0.169. The van der Waals surface area contributed by atoms with Crippen LogP contribution in [0.4, 0.5) is 0 Å². The first kappa shape index (κ1) is 11.7. The highest BCUT2D eigenvalue weighted by molar-refractivity contribution is 5.74. The maximum atomic E-state index is 10.4. The van der Waals surface area contributed by atoms with Gasteiger partial charge in [0.1, 0.15) is 5.52 Å². The third kappa shape index (κ3) is 1.67. The molecule has 0 aliphatic heterocycles. The molecule has 3 nitrogen and oxygen atoms in total. The van der Waals surface area contributed by atoms with Crippen molar-refractivity contribution < 1.29 is 9.52 Å². The third-order valence-corrected chi connectivity index (χ3v) is 4.08. The Morgan fingerprint density at radius 1 is 1.20 bits per heavy atom. The fourth-order valence-corrected chi connectivity index (χ4v) is 3.23. The Morgan fingerprint density at radius 3 is 2.95 bits per heavy atom. The van der Waals surface area contributed by atoms with Gasteiger partial charge in [-0.25, -0.2) is 4.98 Å². The molecule has 0 fully saturated rings. The molecule has 0 bridgehead atoms. The molecule has 3 heteroatoms. The molecule has 3 aromatic rings. The van der Waals surface area contributed by atoms with Crippen LogP contribution in [0.2, 0.25) is 0 Å². The Hall–Kier alpha value is -2.13. The normalized spacial score (nSPS) is 21.3. The van der Waals surface area contributed by atoms with Crippen molar-refractivity contribution in [2.24, 2.45) is 0 Å². The number of aryl methyl sites for hydroxylation is 1. The zero-order valence-corrected chi connectivity index (χ0v) is 11.2. The van der Waals surface area contributed by atoms with Crippen LogP contribution in [0.15, 0.2) is 46.9 Å². The van der Waals surface area contributed by atoms with Crippen molar-refractivity contribution in [1.82, 2.24) is 4.98 Å². The van der Waals surface area contributed by atoms with E-state index < -0.39 is 0 Å². The van der Waals surface area contributed by atoms with Gasteiger partial charge in [-0.1, -0.05) is 30.3 Å². The quantitative estimate of drug-likeness (QED) is 0.735. The summed E-state index contributed by atoms with van der Waals surface area (Å²) in [6, 6.07) is 14.3. The lowest BCUT2D eigenvalue weighted by Gasteiger charge is -2.16. The van der Waals surface area contributed by atoms with Gasteiger partial charge in [-0.15, -0.1) is 0 Å². The predicted octanol–water partition coefficient (Wildman–Crippen LogP) is 3.19. The number of aliphatic hydroxyl groups is 1. The molecule has 0 unspecified atom stereocenters. The average Bonchev–Trinajstić information content (AvgIpc) is 2.95. The molecule has 100 valence electrons.